The second-order valence-electron chi connectivity index (χ2n) is 11.7. The largest absolute Gasteiger partial charge is 0.459 e. The van der Waals surface area contributed by atoms with Gasteiger partial charge in [-0.2, -0.15) is 0 Å². The van der Waals surface area contributed by atoms with E-state index in [9.17, 15) is 45.6 Å². The Morgan fingerprint density at radius 3 is 2.19 bits per heavy atom. The second kappa shape index (κ2) is 9.10. The first kappa shape index (κ1) is 28.1. The average molecular weight is 523 g/mol. The molecule has 4 rings (SSSR count). The number of carbonyl (C=O) groups is 1. The quantitative estimate of drug-likeness (QED) is 0.185. The summed E-state index contributed by atoms with van der Waals surface area (Å²) in [5.41, 5.74) is -7.36. The lowest BCUT2D eigenvalue weighted by atomic mass is 9.51. The highest BCUT2D eigenvalue weighted by atomic mass is 16.5. The van der Waals surface area contributed by atoms with E-state index >= 15 is 0 Å². The lowest BCUT2D eigenvalue weighted by Crippen LogP contribution is -2.72. The highest BCUT2D eigenvalue weighted by Gasteiger charge is 2.74. The Kier molecular flexibility index (Phi) is 6.92. The van der Waals surface area contributed by atoms with Gasteiger partial charge in [0.1, 0.15) is 18.3 Å². The van der Waals surface area contributed by atoms with Gasteiger partial charge in [0, 0.05) is 17.8 Å². The third kappa shape index (κ3) is 3.81. The molecule has 0 aliphatic heterocycles. The van der Waals surface area contributed by atoms with Gasteiger partial charge in [-0.15, -0.1) is 0 Å². The Labute approximate surface area is 215 Å². The lowest BCUT2D eigenvalue weighted by molar-refractivity contribution is -0.285. The Hall–Kier alpha value is -1.89. The summed E-state index contributed by atoms with van der Waals surface area (Å²) in [5.74, 6) is -2.42. The minimum Gasteiger partial charge on any atom is -0.459 e. The Morgan fingerprint density at radius 1 is 1.03 bits per heavy atom. The maximum absolute atomic E-state index is 12.7. The van der Waals surface area contributed by atoms with Crippen molar-refractivity contribution in [3.8, 4) is 0 Å². The van der Waals surface area contributed by atoms with Gasteiger partial charge in [0.15, 0.2) is 0 Å². The number of aliphatic hydroxyl groups is 8. The van der Waals surface area contributed by atoms with Crippen molar-refractivity contribution < 1.29 is 50.4 Å². The molecule has 3 aliphatic carbocycles. The van der Waals surface area contributed by atoms with Crippen molar-refractivity contribution in [1.82, 2.24) is 0 Å². The Bertz CT molecular complexity index is 1070. The van der Waals surface area contributed by atoms with Crippen molar-refractivity contribution in [2.75, 3.05) is 6.61 Å². The molecule has 10 atom stereocenters. The zero-order valence-corrected chi connectivity index (χ0v) is 21.4. The Balaban J connectivity index is 1.89. The van der Waals surface area contributed by atoms with E-state index in [0.717, 1.165) is 0 Å². The predicted molar refractivity (Wildman–Crippen MR) is 130 cm³/mol. The summed E-state index contributed by atoms with van der Waals surface area (Å²) in [5, 5.41) is 91.3. The van der Waals surface area contributed by atoms with Crippen molar-refractivity contribution in [3.63, 3.8) is 0 Å². The molecule has 3 aliphatic rings. The van der Waals surface area contributed by atoms with E-state index in [4.69, 9.17) is 4.74 Å². The van der Waals surface area contributed by atoms with Gasteiger partial charge in [-0.25, -0.2) is 4.79 Å². The minimum absolute atomic E-state index is 0.0217. The van der Waals surface area contributed by atoms with Crippen molar-refractivity contribution in [2.45, 2.75) is 88.4 Å². The summed E-state index contributed by atoms with van der Waals surface area (Å²) in [6.45, 7) is 4.85. The third-order valence-corrected chi connectivity index (χ3v) is 9.46. The molecular formula is C27H38O10. The van der Waals surface area contributed by atoms with Crippen molar-refractivity contribution in [1.29, 1.82) is 0 Å². The van der Waals surface area contributed by atoms with Crippen LogP contribution < -0.4 is 0 Å². The van der Waals surface area contributed by atoms with Gasteiger partial charge in [0.2, 0.25) is 0 Å². The summed E-state index contributed by atoms with van der Waals surface area (Å²) in [6.07, 6.45) is -10.4. The number of esters is 1. The number of hydrogen-bond donors (Lipinski definition) is 8. The molecule has 0 radical (unpaired) electrons. The molecule has 0 aromatic heterocycles. The topological polar surface area (TPSA) is 188 Å². The molecule has 1 aromatic rings. The van der Waals surface area contributed by atoms with Gasteiger partial charge >= 0.3 is 5.97 Å². The van der Waals surface area contributed by atoms with Gasteiger partial charge in [-0.1, -0.05) is 25.1 Å². The fourth-order valence-corrected chi connectivity index (χ4v) is 7.24. The smallest absolute Gasteiger partial charge is 0.338 e. The molecule has 0 unspecified atom stereocenters. The molecule has 10 heteroatoms. The van der Waals surface area contributed by atoms with Crippen LogP contribution in [0.15, 0.2) is 41.5 Å². The van der Waals surface area contributed by atoms with E-state index in [1.54, 1.807) is 18.2 Å². The van der Waals surface area contributed by atoms with Gasteiger partial charge in [0.25, 0.3) is 0 Å². The summed E-state index contributed by atoms with van der Waals surface area (Å²) < 4.78 is 5.38. The summed E-state index contributed by atoms with van der Waals surface area (Å²) >= 11 is 0. The third-order valence-electron chi connectivity index (χ3n) is 9.46. The number of benzene rings is 1. The lowest BCUT2D eigenvalue weighted by Gasteiger charge is -2.59. The molecule has 0 bridgehead atoms. The zero-order valence-electron chi connectivity index (χ0n) is 21.4. The molecule has 0 amide bonds. The van der Waals surface area contributed by atoms with Crippen LogP contribution in [0, 0.1) is 16.7 Å². The van der Waals surface area contributed by atoms with E-state index in [-0.39, 0.29) is 23.1 Å². The van der Waals surface area contributed by atoms with E-state index in [2.05, 4.69) is 0 Å². The van der Waals surface area contributed by atoms with Crippen LogP contribution in [0.25, 0.3) is 0 Å². The monoisotopic (exact) mass is 522 g/mol. The van der Waals surface area contributed by atoms with E-state index in [1.807, 2.05) is 0 Å². The normalized spacial score (nSPS) is 44.2. The molecule has 10 nitrogen and oxygen atoms in total. The number of rotatable bonds is 4. The van der Waals surface area contributed by atoms with Crippen LogP contribution in [0.5, 0.6) is 0 Å². The molecule has 2 saturated carbocycles. The summed E-state index contributed by atoms with van der Waals surface area (Å²) in [6, 6.07) is 7.95. The first-order chi connectivity index (χ1) is 17.0. The molecule has 0 heterocycles. The van der Waals surface area contributed by atoms with Gasteiger partial charge in [-0.3, -0.25) is 0 Å². The standard InChI is InChI=1S/C27H38O10/c1-13-15(28)11-26(24(2,3)35)18(13)19(31)21(32)25(4)16(29)10-17(30)27(36,20(25)22(26)33)12-37-23(34)14-8-6-5-7-9-14/h5-9,15-17,19-22,28-33,35-36H,10-12H2,1-4H3/t15-,16+,17+,19-,20-,21+,22+,25+,26-,27-/m0/s1. The first-order valence-corrected chi connectivity index (χ1v) is 12.5. The van der Waals surface area contributed by atoms with Gasteiger partial charge in [0.05, 0.1) is 47.1 Å². The summed E-state index contributed by atoms with van der Waals surface area (Å²) in [4.78, 5) is 12.7. The highest BCUT2D eigenvalue weighted by Crippen LogP contribution is 2.64. The number of hydrogen-bond acceptors (Lipinski definition) is 10. The minimum atomic E-state index is -2.41. The molecule has 8 N–H and O–H groups in total. The van der Waals surface area contributed by atoms with E-state index in [1.165, 1.54) is 39.8 Å². The first-order valence-electron chi connectivity index (χ1n) is 12.5. The molecule has 37 heavy (non-hydrogen) atoms. The second-order valence-corrected chi connectivity index (χ2v) is 11.7. The van der Waals surface area contributed by atoms with Crippen LogP contribution in [0.2, 0.25) is 0 Å². The molecule has 2 fully saturated rings. The van der Waals surface area contributed by atoms with Crippen molar-refractivity contribution in [3.05, 3.63) is 47.0 Å². The van der Waals surface area contributed by atoms with Crippen LogP contribution in [-0.2, 0) is 4.74 Å². The van der Waals surface area contributed by atoms with Crippen LogP contribution in [0.4, 0.5) is 0 Å². The van der Waals surface area contributed by atoms with E-state index in [0.29, 0.717) is 0 Å². The van der Waals surface area contributed by atoms with Crippen LogP contribution >= 0.6 is 0 Å². The Morgan fingerprint density at radius 2 is 1.62 bits per heavy atom. The maximum Gasteiger partial charge on any atom is 0.338 e. The van der Waals surface area contributed by atoms with Crippen LogP contribution in [0.3, 0.4) is 0 Å². The number of aliphatic hydroxyl groups excluding tert-OH is 6. The van der Waals surface area contributed by atoms with E-state index < -0.39 is 83.6 Å². The van der Waals surface area contributed by atoms with Crippen LogP contribution in [-0.4, -0.2) is 101 Å². The fraction of sp³-hybridized carbons (Fsp3) is 0.667. The fourth-order valence-electron chi connectivity index (χ4n) is 7.24. The van der Waals surface area contributed by atoms with Gasteiger partial charge < -0.3 is 45.6 Å². The van der Waals surface area contributed by atoms with Gasteiger partial charge in [-0.05, 0) is 50.5 Å². The summed E-state index contributed by atoms with van der Waals surface area (Å²) in [7, 11) is 0. The number of carbonyl (C=O) groups excluding carboxylic acids is 1. The average Bonchev–Trinajstić information content (AvgIpc) is 3.09. The predicted octanol–water partition coefficient (Wildman–Crippen LogP) is -0.743. The molecular weight excluding hydrogens is 484 g/mol. The maximum atomic E-state index is 12.7. The zero-order chi connectivity index (χ0) is 27.7. The van der Waals surface area contributed by atoms with Crippen molar-refractivity contribution in [2.24, 2.45) is 16.7 Å². The van der Waals surface area contributed by atoms with Crippen LogP contribution in [0.1, 0.15) is 50.9 Å². The number of ether oxygens (including phenoxy) is 1. The highest BCUT2D eigenvalue weighted by molar-refractivity contribution is 5.89. The molecule has 0 spiro atoms. The molecule has 0 saturated heterocycles. The molecule has 1 aromatic carbocycles. The molecule has 206 valence electrons. The number of fused-ring (bicyclic) bond motifs is 2. The SMILES string of the molecule is CC1=C2[C@H](O)[C@@H](O)[C@]3(C)[C@H](O)C[C@@H](O)[C@@](O)(COC(=O)c4ccccc4)[C@H]3[C@@H](O)[C@]2(C(C)(C)O)C[C@@H]1O. The van der Waals surface area contributed by atoms with Crippen molar-refractivity contribution >= 4 is 5.97 Å².